The predicted molar refractivity (Wildman–Crippen MR) is 112 cm³/mol. The number of carbonyl (C=O) groups excluding carboxylic acids is 1. The first kappa shape index (κ1) is 20.6. The molecule has 1 aliphatic rings. The summed E-state index contributed by atoms with van der Waals surface area (Å²) in [6, 6.07) is 10.4. The lowest BCUT2D eigenvalue weighted by Gasteiger charge is -2.18. The quantitative estimate of drug-likeness (QED) is 0.513. The number of guanidine groups is 1. The van der Waals surface area contributed by atoms with Crippen LogP contribution >= 0.6 is 11.8 Å². The predicted octanol–water partition coefficient (Wildman–Crippen LogP) is 2.38. The van der Waals surface area contributed by atoms with Crippen LogP contribution in [0.2, 0.25) is 0 Å². The normalized spacial score (nSPS) is 18.9. The maximum atomic E-state index is 12.3. The number of likely N-dealkylation sites (tertiary alicyclic amines) is 1. The summed E-state index contributed by atoms with van der Waals surface area (Å²) in [5, 5.41) is 7.20. The van der Waals surface area contributed by atoms with E-state index in [1.165, 1.54) is 5.56 Å². The molecule has 2 atom stereocenters. The zero-order valence-corrected chi connectivity index (χ0v) is 17.0. The first-order valence-electron chi connectivity index (χ1n) is 9.49. The molecule has 2 N–H and O–H groups in total. The summed E-state index contributed by atoms with van der Waals surface area (Å²) in [5.74, 6) is 1.47. The van der Waals surface area contributed by atoms with Crippen LogP contribution in [0.1, 0.15) is 25.8 Å². The molecule has 0 radical (unpaired) electrons. The maximum absolute atomic E-state index is 12.3. The third-order valence-corrected chi connectivity index (χ3v) is 5.57. The Kier molecular flexibility index (Phi) is 8.81. The maximum Gasteiger partial charge on any atom is 0.223 e. The van der Waals surface area contributed by atoms with E-state index in [4.69, 9.17) is 0 Å². The third-order valence-electron chi connectivity index (χ3n) is 4.62. The van der Waals surface area contributed by atoms with Gasteiger partial charge in [0.25, 0.3) is 0 Å². The Morgan fingerprint density at radius 1 is 1.35 bits per heavy atom. The van der Waals surface area contributed by atoms with Crippen molar-refractivity contribution in [1.82, 2.24) is 15.5 Å². The Hall–Kier alpha value is -1.69. The van der Waals surface area contributed by atoms with E-state index in [0.717, 1.165) is 45.1 Å². The van der Waals surface area contributed by atoms with Gasteiger partial charge in [-0.25, -0.2) is 0 Å². The number of nitrogens with zero attached hydrogens (tertiary/aromatic N) is 2. The first-order chi connectivity index (χ1) is 12.6. The minimum absolute atomic E-state index is 0.269. The molecule has 26 heavy (non-hydrogen) atoms. The van der Waals surface area contributed by atoms with Gasteiger partial charge in [0, 0.05) is 43.8 Å². The second kappa shape index (κ2) is 11.1. The lowest BCUT2D eigenvalue weighted by molar-refractivity contribution is -0.127. The first-order valence-corrected chi connectivity index (χ1v) is 10.8. The lowest BCUT2D eigenvalue weighted by Crippen LogP contribution is -2.40. The topological polar surface area (TPSA) is 56.7 Å². The standard InChI is InChI=1S/C20H32N4OS/c1-4-21-20(22-13-16(2)26-3)23-14-18-12-19(25)24(15-18)11-10-17-8-6-5-7-9-17/h5-9,16,18H,4,10-15H2,1-3H3,(H2,21,22,23). The van der Waals surface area contributed by atoms with Gasteiger partial charge in [-0.2, -0.15) is 11.8 Å². The number of hydrogen-bond donors (Lipinski definition) is 2. The van der Waals surface area contributed by atoms with Crippen LogP contribution in [0.3, 0.4) is 0 Å². The summed E-state index contributed by atoms with van der Waals surface area (Å²) < 4.78 is 0. The lowest BCUT2D eigenvalue weighted by atomic mass is 10.1. The Bertz CT molecular complexity index is 578. The number of carbonyl (C=O) groups is 1. The van der Waals surface area contributed by atoms with E-state index in [9.17, 15) is 4.79 Å². The van der Waals surface area contributed by atoms with Gasteiger partial charge in [0.05, 0.1) is 6.54 Å². The molecule has 1 amide bonds. The van der Waals surface area contributed by atoms with Gasteiger partial charge in [-0.3, -0.25) is 9.79 Å². The molecule has 1 aromatic carbocycles. The highest BCUT2D eigenvalue weighted by Crippen LogP contribution is 2.17. The van der Waals surface area contributed by atoms with E-state index in [1.54, 1.807) is 0 Å². The molecule has 1 heterocycles. The molecule has 0 spiro atoms. The molecule has 0 aliphatic carbocycles. The van der Waals surface area contributed by atoms with Gasteiger partial charge in [-0.05, 0) is 25.2 Å². The number of thioether (sulfide) groups is 1. The number of amides is 1. The Morgan fingerprint density at radius 3 is 2.81 bits per heavy atom. The molecule has 0 aromatic heterocycles. The highest BCUT2D eigenvalue weighted by Gasteiger charge is 2.29. The minimum atomic E-state index is 0.269. The molecular formula is C20H32N4OS. The molecule has 6 heteroatoms. The van der Waals surface area contributed by atoms with Crippen LogP contribution in [0.4, 0.5) is 0 Å². The van der Waals surface area contributed by atoms with Crippen LogP contribution in [0, 0.1) is 5.92 Å². The van der Waals surface area contributed by atoms with Crippen molar-refractivity contribution in [3.8, 4) is 0 Å². The summed E-state index contributed by atoms with van der Waals surface area (Å²) in [4.78, 5) is 18.9. The monoisotopic (exact) mass is 376 g/mol. The molecular weight excluding hydrogens is 344 g/mol. The summed E-state index contributed by atoms with van der Waals surface area (Å²) in [6.07, 6.45) is 3.65. The van der Waals surface area contributed by atoms with Crippen LogP contribution in [0.5, 0.6) is 0 Å². The van der Waals surface area contributed by atoms with Crippen LogP contribution in [0.15, 0.2) is 35.3 Å². The van der Waals surface area contributed by atoms with Gasteiger partial charge < -0.3 is 15.5 Å². The van der Waals surface area contributed by atoms with Crippen molar-refractivity contribution in [2.75, 3.05) is 39.0 Å². The average molecular weight is 377 g/mol. The van der Waals surface area contributed by atoms with Crippen LogP contribution in [-0.2, 0) is 11.2 Å². The molecule has 1 aromatic rings. The Morgan fingerprint density at radius 2 is 2.12 bits per heavy atom. The minimum Gasteiger partial charge on any atom is -0.357 e. The van der Waals surface area contributed by atoms with E-state index in [1.807, 2.05) is 34.9 Å². The van der Waals surface area contributed by atoms with E-state index in [-0.39, 0.29) is 5.91 Å². The molecule has 0 bridgehead atoms. The number of nitrogens with one attached hydrogen (secondary N) is 2. The van der Waals surface area contributed by atoms with Gasteiger partial charge in [0.15, 0.2) is 5.96 Å². The third kappa shape index (κ3) is 6.90. The smallest absolute Gasteiger partial charge is 0.223 e. The zero-order valence-electron chi connectivity index (χ0n) is 16.2. The number of benzene rings is 1. The summed E-state index contributed by atoms with van der Waals surface area (Å²) in [5.41, 5.74) is 1.28. The SMILES string of the molecule is CCNC(=NCC(C)SC)NCC1CC(=O)N(CCc2ccccc2)C1. The molecule has 5 nitrogen and oxygen atoms in total. The van der Waals surface area contributed by atoms with Crippen LogP contribution < -0.4 is 10.6 Å². The number of aliphatic imine (C=N–C) groups is 1. The summed E-state index contributed by atoms with van der Waals surface area (Å²) in [7, 11) is 0. The number of hydrogen-bond acceptors (Lipinski definition) is 3. The van der Waals surface area contributed by atoms with Gasteiger partial charge in [0.2, 0.25) is 5.91 Å². The fourth-order valence-corrected chi connectivity index (χ4v) is 3.22. The largest absolute Gasteiger partial charge is 0.357 e. The Balaban J connectivity index is 1.78. The fraction of sp³-hybridized carbons (Fsp3) is 0.600. The molecule has 1 aliphatic heterocycles. The van der Waals surface area contributed by atoms with E-state index < -0.39 is 0 Å². The molecule has 0 saturated carbocycles. The molecule has 1 saturated heterocycles. The zero-order chi connectivity index (χ0) is 18.8. The van der Waals surface area contributed by atoms with Gasteiger partial charge in [0.1, 0.15) is 0 Å². The van der Waals surface area contributed by atoms with Crippen molar-refractivity contribution in [2.24, 2.45) is 10.9 Å². The van der Waals surface area contributed by atoms with Crippen LogP contribution in [0.25, 0.3) is 0 Å². The molecule has 144 valence electrons. The van der Waals surface area contributed by atoms with Crippen molar-refractivity contribution in [2.45, 2.75) is 31.9 Å². The molecule has 2 rings (SSSR count). The van der Waals surface area contributed by atoms with Crippen molar-refractivity contribution >= 4 is 23.6 Å². The fourth-order valence-electron chi connectivity index (χ4n) is 2.99. The van der Waals surface area contributed by atoms with Crippen molar-refractivity contribution in [3.05, 3.63) is 35.9 Å². The molecule has 2 unspecified atom stereocenters. The van der Waals surface area contributed by atoms with Gasteiger partial charge in [-0.1, -0.05) is 37.3 Å². The van der Waals surface area contributed by atoms with E-state index in [2.05, 4.69) is 47.9 Å². The summed E-state index contributed by atoms with van der Waals surface area (Å²) in [6.45, 7) is 8.30. The van der Waals surface area contributed by atoms with E-state index >= 15 is 0 Å². The van der Waals surface area contributed by atoms with Crippen molar-refractivity contribution in [1.29, 1.82) is 0 Å². The highest BCUT2D eigenvalue weighted by molar-refractivity contribution is 7.99. The van der Waals surface area contributed by atoms with Crippen LogP contribution in [-0.4, -0.2) is 61.0 Å². The van der Waals surface area contributed by atoms with E-state index in [0.29, 0.717) is 17.6 Å². The molecule has 1 fully saturated rings. The van der Waals surface area contributed by atoms with Gasteiger partial charge >= 0.3 is 0 Å². The second-order valence-corrected chi connectivity index (χ2v) is 8.07. The second-order valence-electron chi connectivity index (χ2n) is 6.79. The Labute approximate surface area is 162 Å². The van der Waals surface area contributed by atoms with Crippen molar-refractivity contribution in [3.63, 3.8) is 0 Å². The van der Waals surface area contributed by atoms with Gasteiger partial charge in [-0.15, -0.1) is 0 Å². The number of rotatable bonds is 9. The highest BCUT2D eigenvalue weighted by atomic mass is 32.2. The van der Waals surface area contributed by atoms with Crippen molar-refractivity contribution < 1.29 is 4.79 Å². The average Bonchev–Trinajstić information content (AvgIpc) is 3.02. The summed E-state index contributed by atoms with van der Waals surface area (Å²) >= 11 is 1.82.